The number of benzene rings is 1. The van der Waals surface area contributed by atoms with E-state index in [1.165, 1.54) is 0 Å². The van der Waals surface area contributed by atoms with Gasteiger partial charge in [0.25, 0.3) is 5.91 Å². The molecule has 3 aromatic rings. The molecule has 1 aliphatic heterocycles. The van der Waals surface area contributed by atoms with Crippen molar-refractivity contribution in [3.8, 4) is 0 Å². The van der Waals surface area contributed by atoms with E-state index >= 15 is 0 Å². The number of aryl methyl sites for hydroxylation is 1. The third kappa shape index (κ3) is 3.44. The molecule has 4 rings (SSSR count). The molecule has 0 spiro atoms. The van der Waals surface area contributed by atoms with E-state index in [-0.39, 0.29) is 5.91 Å². The molecule has 3 heterocycles. The molecule has 1 saturated heterocycles. The van der Waals surface area contributed by atoms with Gasteiger partial charge in [0.05, 0.1) is 13.2 Å². The Morgan fingerprint density at radius 3 is 2.88 bits per heavy atom. The molecule has 25 heavy (non-hydrogen) atoms. The average molecular weight is 374 g/mol. The number of carbonyl (C=O) groups excluding carboxylic acids is 1. The normalized spacial score (nSPS) is 15.0. The maximum Gasteiger partial charge on any atom is 0.290 e. The number of furan rings is 1. The molecule has 0 radical (unpaired) electrons. The number of thioether (sulfide) groups is 1. The SMILES string of the molecule is Cc1csc(SCc2c(C(=O)N3CCOCC3)oc3ccccc23)n1. The van der Waals surface area contributed by atoms with Gasteiger partial charge in [-0.15, -0.1) is 11.3 Å². The van der Waals surface area contributed by atoms with E-state index in [4.69, 9.17) is 9.15 Å². The lowest BCUT2D eigenvalue weighted by Gasteiger charge is -2.26. The van der Waals surface area contributed by atoms with Crippen molar-refractivity contribution < 1.29 is 13.9 Å². The van der Waals surface area contributed by atoms with Gasteiger partial charge in [-0.3, -0.25) is 4.79 Å². The van der Waals surface area contributed by atoms with Crippen LogP contribution in [0.4, 0.5) is 0 Å². The van der Waals surface area contributed by atoms with Crippen molar-refractivity contribution >= 4 is 40.0 Å². The van der Waals surface area contributed by atoms with Gasteiger partial charge in [-0.25, -0.2) is 4.98 Å². The molecular formula is C18H18N2O3S2. The van der Waals surface area contributed by atoms with E-state index in [2.05, 4.69) is 4.98 Å². The summed E-state index contributed by atoms with van der Waals surface area (Å²) < 4.78 is 12.3. The van der Waals surface area contributed by atoms with Gasteiger partial charge in [0, 0.05) is 40.9 Å². The predicted molar refractivity (Wildman–Crippen MR) is 99.3 cm³/mol. The third-order valence-corrected chi connectivity index (χ3v) is 6.29. The predicted octanol–water partition coefficient (Wildman–Crippen LogP) is 3.96. The Labute approximate surface area is 154 Å². The van der Waals surface area contributed by atoms with E-state index in [0.29, 0.717) is 37.8 Å². The van der Waals surface area contributed by atoms with Crippen molar-refractivity contribution in [3.05, 3.63) is 46.7 Å². The number of hydrogen-bond acceptors (Lipinski definition) is 6. The molecule has 0 aliphatic carbocycles. The second-order valence-corrected chi connectivity index (χ2v) is 7.93. The Bertz CT molecular complexity index is 897. The molecule has 0 saturated carbocycles. The third-order valence-electron chi connectivity index (χ3n) is 4.13. The zero-order chi connectivity index (χ0) is 17.2. The molecule has 0 bridgehead atoms. The summed E-state index contributed by atoms with van der Waals surface area (Å²) in [4.78, 5) is 19.3. The highest BCUT2D eigenvalue weighted by Crippen LogP contribution is 2.33. The fourth-order valence-corrected chi connectivity index (χ4v) is 4.73. The first-order valence-electron chi connectivity index (χ1n) is 8.15. The summed E-state index contributed by atoms with van der Waals surface area (Å²) in [6.07, 6.45) is 0. The molecule has 0 atom stereocenters. The van der Waals surface area contributed by atoms with Gasteiger partial charge in [0.1, 0.15) is 9.92 Å². The fourth-order valence-electron chi connectivity index (χ4n) is 2.86. The van der Waals surface area contributed by atoms with Gasteiger partial charge < -0.3 is 14.1 Å². The van der Waals surface area contributed by atoms with Crippen LogP contribution in [-0.2, 0) is 10.5 Å². The van der Waals surface area contributed by atoms with Crippen LogP contribution in [0.2, 0.25) is 0 Å². The van der Waals surface area contributed by atoms with Gasteiger partial charge in [-0.1, -0.05) is 30.0 Å². The van der Waals surface area contributed by atoms with Crippen molar-refractivity contribution in [1.82, 2.24) is 9.88 Å². The number of para-hydroxylation sites is 1. The van der Waals surface area contributed by atoms with Crippen LogP contribution in [0.1, 0.15) is 21.8 Å². The van der Waals surface area contributed by atoms with Crippen molar-refractivity contribution in [1.29, 1.82) is 0 Å². The zero-order valence-corrected chi connectivity index (χ0v) is 15.5. The van der Waals surface area contributed by atoms with Gasteiger partial charge in [-0.05, 0) is 13.0 Å². The lowest BCUT2D eigenvalue weighted by Crippen LogP contribution is -2.40. The number of nitrogens with zero attached hydrogens (tertiary/aromatic N) is 2. The second kappa shape index (κ2) is 7.19. The largest absolute Gasteiger partial charge is 0.451 e. The van der Waals surface area contributed by atoms with Crippen LogP contribution in [0.3, 0.4) is 0 Å². The highest BCUT2D eigenvalue weighted by Gasteiger charge is 2.26. The number of thiazole rings is 1. The Morgan fingerprint density at radius 1 is 1.32 bits per heavy atom. The standard InChI is InChI=1S/C18H18N2O3S2/c1-12-10-24-18(19-12)25-11-14-13-4-2-3-5-15(13)23-16(14)17(21)20-6-8-22-9-7-20/h2-5,10H,6-9,11H2,1H3. The maximum absolute atomic E-state index is 13.0. The molecule has 0 N–H and O–H groups in total. The van der Waals surface area contributed by atoms with Crippen LogP contribution in [0, 0.1) is 6.92 Å². The Balaban J connectivity index is 1.66. The van der Waals surface area contributed by atoms with E-state index in [9.17, 15) is 4.79 Å². The molecule has 7 heteroatoms. The Morgan fingerprint density at radius 2 is 2.12 bits per heavy atom. The summed E-state index contributed by atoms with van der Waals surface area (Å²) in [6, 6.07) is 7.82. The van der Waals surface area contributed by atoms with E-state index in [0.717, 1.165) is 26.6 Å². The highest BCUT2D eigenvalue weighted by atomic mass is 32.2. The molecule has 5 nitrogen and oxygen atoms in total. The first kappa shape index (κ1) is 16.6. The summed E-state index contributed by atoms with van der Waals surface area (Å²) in [5.74, 6) is 1.06. The smallest absolute Gasteiger partial charge is 0.290 e. The van der Waals surface area contributed by atoms with Crippen molar-refractivity contribution in [3.63, 3.8) is 0 Å². The molecule has 0 unspecified atom stereocenters. The quantitative estimate of drug-likeness (QED) is 0.647. The first-order valence-corrected chi connectivity index (χ1v) is 10.0. The number of fused-ring (bicyclic) bond motifs is 1. The van der Waals surface area contributed by atoms with Gasteiger partial charge >= 0.3 is 0 Å². The number of aromatic nitrogens is 1. The number of rotatable bonds is 4. The maximum atomic E-state index is 13.0. The minimum atomic E-state index is -0.0505. The summed E-state index contributed by atoms with van der Waals surface area (Å²) in [6.45, 7) is 4.35. The second-order valence-electron chi connectivity index (χ2n) is 5.85. The summed E-state index contributed by atoms with van der Waals surface area (Å²) >= 11 is 3.27. The van der Waals surface area contributed by atoms with Gasteiger partial charge in [0.2, 0.25) is 0 Å². The van der Waals surface area contributed by atoms with Crippen LogP contribution >= 0.6 is 23.1 Å². The molecule has 130 valence electrons. The molecule has 1 aromatic carbocycles. The van der Waals surface area contributed by atoms with Crippen LogP contribution in [0.25, 0.3) is 11.0 Å². The van der Waals surface area contributed by atoms with Crippen LogP contribution in [0.15, 0.2) is 38.4 Å². The average Bonchev–Trinajstić information content (AvgIpc) is 3.23. The molecular weight excluding hydrogens is 356 g/mol. The number of ether oxygens (including phenoxy) is 1. The minimum absolute atomic E-state index is 0.0505. The highest BCUT2D eigenvalue weighted by molar-refractivity contribution is 8.00. The topological polar surface area (TPSA) is 55.6 Å². The molecule has 1 fully saturated rings. The summed E-state index contributed by atoms with van der Waals surface area (Å²) in [5.41, 5.74) is 2.73. The van der Waals surface area contributed by atoms with Crippen LogP contribution < -0.4 is 0 Å². The number of hydrogen-bond donors (Lipinski definition) is 0. The lowest BCUT2D eigenvalue weighted by atomic mass is 10.1. The summed E-state index contributed by atoms with van der Waals surface area (Å²) in [7, 11) is 0. The number of amides is 1. The summed E-state index contributed by atoms with van der Waals surface area (Å²) in [5, 5.41) is 3.04. The Kier molecular flexibility index (Phi) is 4.78. The van der Waals surface area contributed by atoms with E-state index in [1.54, 1.807) is 23.1 Å². The van der Waals surface area contributed by atoms with E-state index < -0.39 is 0 Å². The first-order chi connectivity index (χ1) is 12.2. The monoisotopic (exact) mass is 374 g/mol. The fraction of sp³-hybridized carbons (Fsp3) is 0.333. The number of morpholine rings is 1. The molecule has 2 aromatic heterocycles. The zero-order valence-electron chi connectivity index (χ0n) is 13.9. The van der Waals surface area contributed by atoms with Crippen molar-refractivity contribution in [2.45, 2.75) is 17.0 Å². The minimum Gasteiger partial charge on any atom is -0.451 e. The molecule has 1 amide bonds. The van der Waals surface area contributed by atoms with E-state index in [1.807, 2.05) is 41.5 Å². The molecule has 1 aliphatic rings. The van der Waals surface area contributed by atoms with Gasteiger partial charge in [-0.2, -0.15) is 0 Å². The Hall–Kier alpha value is -1.83. The van der Waals surface area contributed by atoms with Gasteiger partial charge in [0.15, 0.2) is 5.76 Å². The van der Waals surface area contributed by atoms with Crippen molar-refractivity contribution in [2.24, 2.45) is 0 Å². The van der Waals surface area contributed by atoms with Crippen LogP contribution in [0.5, 0.6) is 0 Å². The van der Waals surface area contributed by atoms with Crippen LogP contribution in [-0.4, -0.2) is 42.1 Å². The number of carbonyl (C=O) groups is 1. The van der Waals surface area contributed by atoms with Crippen molar-refractivity contribution in [2.75, 3.05) is 26.3 Å². The lowest BCUT2D eigenvalue weighted by molar-refractivity contribution is 0.0283.